The Labute approximate surface area is 104 Å². The van der Waals surface area contributed by atoms with Gasteiger partial charge in [0, 0.05) is 19.3 Å². The number of anilines is 1. The van der Waals surface area contributed by atoms with Crippen LogP contribution in [0.1, 0.15) is 12.6 Å². The first-order valence-electron chi connectivity index (χ1n) is 6.04. The molecule has 1 unspecified atom stereocenters. The number of aliphatic hydroxyl groups is 1. The highest BCUT2D eigenvalue weighted by Gasteiger charge is 2.43. The van der Waals surface area contributed by atoms with E-state index >= 15 is 0 Å². The fourth-order valence-corrected chi connectivity index (χ4v) is 2.44. The number of ether oxygens (including phenoxy) is 1. The lowest BCUT2D eigenvalue weighted by molar-refractivity contribution is -0.0349. The van der Waals surface area contributed by atoms with Crippen LogP contribution in [0.4, 0.5) is 5.82 Å². The number of aliphatic hydroxyl groups excluding tert-OH is 1. The minimum Gasteiger partial charge on any atom is -0.394 e. The summed E-state index contributed by atoms with van der Waals surface area (Å²) in [6, 6.07) is 1.71. The highest BCUT2D eigenvalue weighted by atomic mass is 16.5. The summed E-state index contributed by atoms with van der Waals surface area (Å²) >= 11 is 0. The molecule has 2 fully saturated rings. The second-order valence-electron chi connectivity index (χ2n) is 4.71. The van der Waals surface area contributed by atoms with E-state index in [0.29, 0.717) is 0 Å². The van der Waals surface area contributed by atoms with Crippen LogP contribution in [0.3, 0.4) is 0 Å². The van der Waals surface area contributed by atoms with Gasteiger partial charge in [0.1, 0.15) is 5.82 Å². The third-order valence-corrected chi connectivity index (χ3v) is 3.45. The molecular weight excluding hydrogens is 236 g/mol. The van der Waals surface area contributed by atoms with Gasteiger partial charge in [0.25, 0.3) is 0 Å². The fourth-order valence-electron chi connectivity index (χ4n) is 2.44. The average Bonchev–Trinajstić information content (AvgIpc) is 3.10. The topological polar surface area (TPSA) is 93.4 Å². The predicted octanol–water partition coefficient (Wildman–Crippen LogP) is -1.21. The van der Waals surface area contributed by atoms with Gasteiger partial charge in [-0.25, -0.2) is 4.79 Å². The smallest absolute Gasteiger partial charge is 0.351 e. The summed E-state index contributed by atoms with van der Waals surface area (Å²) in [5.74, 6) is 0.205. The predicted molar refractivity (Wildman–Crippen MR) is 63.9 cm³/mol. The molecule has 18 heavy (non-hydrogen) atoms. The zero-order valence-electron chi connectivity index (χ0n) is 9.90. The zero-order valence-corrected chi connectivity index (χ0v) is 9.90. The van der Waals surface area contributed by atoms with E-state index in [1.807, 2.05) is 0 Å². The van der Waals surface area contributed by atoms with E-state index in [1.165, 1.54) is 4.57 Å². The average molecular weight is 252 g/mol. The van der Waals surface area contributed by atoms with Gasteiger partial charge >= 0.3 is 5.69 Å². The lowest BCUT2D eigenvalue weighted by Gasteiger charge is -2.21. The summed E-state index contributed by atoms with van der Waals surface area (Å²) in [6.45, 7) is 2.00. The van der Waals surface area contributed by atoms with Crippen LogP contribution in [0.2, 0.25) is 0 Å². The van der Waals surface area contributed by atoms with Gasteiger partial charge in [-0.1, -0.05) is 0 Å². The van der Waals surface area contributed by atoms with Crippen LogP contribution >= 0.6 is 0 Å². The molecule has 3 atom stereocenters. The molecule has 0 bridgehead atoms. The monoisotopic (exact) mass is 252 g/mol. The number of hydrogen-bond acceptors (Lipinski definition) is 6. The van der Waals surface area contributed by atoms with E-state index in [1.54, 1.807) is 12.3 Å². The van der Waals surface area contributed by atoms with Crippen molar-refractivity contribution in [1.29, 1.82) is 0 Å². The van der Waals surface area contributed by atoms with Gasteiger partial charge in [0.2, 0.25) is 0 Å². The fraction of sp³-hybridized carbons (Fsp3) is 0.636. The van der Waals surface area contributed by atoms with Crippen molar-refractivity contribution < 1.29 is 9.84 Å². The van der Waals surface area contributed by atoms with E-state index < -0.39 is 5.69 Å². The molecule has 0 amide bonds. The molecule has 7 heteroatoms. The molecule has 0 radical (unpaired) electrons. The third kappa shape index (κ3) is 2.00. The Kier molecular flexibility index (Phi) is 2.81. The molecule has 0 spiro atoms. The van der Waals surface area contributed by atoms with Crippen molar-refractivity contribution in [3.63, 3.8) is 0 Å². The van der Waals surface area contributed by atoms with Crippen LogP contribution in [0, 0.1) is 0 Å². The summed E-state index contributed by atoms with van der Waals surface area (Å²) in [7, 11) is 0. The number of nitrogens with two attached hydrogens (primary N) is 1. The van der Waals surface area contributed by atoms with Crippen molar-refractivity contribution >= 4 is 5.82 Å². The molecule has 3 rings (SSSR count). The van der Waals surface area contributed by atoms with Crippen molar-refractivity contribution in [2.75, 3.05) is 25.4 Å². The van der Waals surface area contributed by atoms with E-state index in [4.69, 9.17) is 10.5 Å². The summed E-state index contributed by atoms with van der Waals surface area (Å²) in [5, 5.41) is 9.20. The molecule has 2 aliphatic rings. The number of hydrogen-bond donors (Lipinski definition) is 2. The standard InChI is InChI=1S/C11H16N4O3/c12-9-1-2-15(11(17)13-9)10-8(14-3-4-14)5-7(6-16)18-10/h1-2,7-8,10,16H,3-6H2,(H2,12,13,17)/t7-,8?,10+/m0/s1. The van der Waals surface area contributed by atoms with Crippen LogP contribution in [-0.4, -0.2) is 51.4 Å². The normalized spacial score (nSPS) is 31.7. The maximum atomic E-state index is 11.8. The second-order valence-corrected chi connectivity index (χ2v) is 4.71. The zero-order chi connectivity index (χ0) is 12.7. The molecule has 98 valence electrons. The highest BCUT2D eigenvalue weighted by Crippen LogP contribution is 2.34. The third-order valence-electron chi connectivity index (χ3n) is 3.45. The van der Waals surface area contributed by atoms with E-state index in [-0.39, 0.29) is 30.8 Å². The SMILES string of the molecule is Nc1ccn([C@@H]2O[C@H](CO)CC2N2CC2)c(=O)n1. The molecule has 2 saturated heterocycles. The Morgan fingerprint density at radius 3 is 2.94 bits per heavy atom. The molecule has 0 aromatic carbocycles. The lowest BCUT2D eigenvalue weighted by atomic mass is 10.1. The Morgan fingerprint density at radius 2 is 2.33 bits per heavy atom. The molecular formula is C11H16N4O3. The Balaban J connectivity index is 1.91. The molecule has 3 N–H and O–H groups in total. The quantitative estimate of drug-likeness (QED) is 0.656. The molecule has 0 aliphatic carbocycles. The summed E-state index contributed by atoms with van der Waals surface area (Å²) in [5.41, 5.74) is 5.06. The Morgan fingerprint density at radius 1 is 1.56 bits per heavy atom. The van der Waals surface area contributed by atoms with Crippen molar-refractivity contribution in [1.82, 2.24) is 14.5 Å². The van der Waals surface area contributed by atoms with E-state index in [0.717, 1.165) is 19.5 Å². The van der Waals surface area contributed by atoms with Crippen molar-refractivity contribution in [2.45, 2.75) is 24.8 Å². The van der Waals surface area contributed by atoms with Crippen molar-refractivity contribution in [3.8, 4) is 0 Å². The number of aromatic nitrogens is 2. The van der Waals surface area contributed by atoms with Gasteiger partial charge < -0.3 is 15.6 Å². The first kappa shape index (κ1) is 11.6. The first-order valence-corrected chi connectivity index (χ1v) is 6.04. The molecule has 1 aromatic rings. The minimum absolute atomic E-state index is 0.0298. The maximum Gasteiger partial charge on any atom is 0.351 e. The largest absolute Gasteiger partial charge is 0.394 e. The van der Waals surface area contributed by atoms with Crippen molar-refractivity contribution in [2.24, 2.45) is 0 Å². The Bertz CT molecular complexity index is 499. The van der Waals surface area contributed by atoms with E-state index in [2.05, 4.69) is 9.88 Å². The van der Waals surface area contributed by atoms with Gasteiger partial charge in [0.05, 0.1) is 18.8 Å². The van der Waals surface area contributed by atoms with Crippen LogP contribution in [-0.2, 0) is 4.74 Å². The van der Waals surface area contributed by atoms with Crippen LogP contribution in [0.5, 0.6) is 0 Å². The van der Waals surface area contributed by atoms with Gasteiger partial charge in [-0.05, 0) is 12.5 Å². The molecule has 2 aliphatic heterocycles. The van der Waals surface area contributed by atoms with Gasteiger partial charge in [0.15, 0.2) is 6.23 Å². The molecule has 3 heterocycles. The highest BCUT2D eigenvalue weighted by molar-refractivity contribution is 5.23. The summed E-state index contributed by atoms with van der Waals surface area (Å²) in [6.07, 6.45) is 1.74. The maximum absolute atomic E-state index is 11.8. The Hall–Kier alpha value is -1.44. The van der Waals surface area contributed by atoms with Crippen molar-refractivity contribution in [3.05, 3.63) is 22.7 Å². The van der Waals surface area contributed by atoms with Gasteiger partial charge in [-0.15, -0.1) is 0 Å². The molecule has 7 nitrogen and oxygen atoms in total. The second kappa shape index (κ2) is 4.34. The van der Waals surface area contributed by atoms with Crippen LogP contribution < -0.4 is 11.4 Å². The summed E-state index contributed by atoms with van der Waals surface area (Å²) in [4.78, 5) is 17.8. The lowest BCUT2D eigenvalue weighted by Crippen LogP contribution is -2.35. The molecule has 0 saturated carbocycles. The van der Waals surface area contributed by atoms with Crippen LogP contribution in [0.15, 0.2) is 17.1 Å². The van der Waals surface area contributed by atoms with Gasteiger partial charge in [-0.2, -0.15) is 4.98 Å². The van der Waals surface area contributed by atoms with E-state index in [9.17, 15) is 9.90 Å². The van der Waals surface area contributed by atoms with Gasteiger partial charge in [-0.3, -0.25) is 9.47 Å². The minimum atomic E-state index is -0.412. The van der Waals surface area contributed by atoms with Crippen LogP contribution in [0.25, 0.3) is 0 Å². The first-order chi connectivity index (χ1) is 8.69. The summed E-state index contributed by atoms with van der Waals surface area (Å²) < 4.78 is 7.18. The number of rotatable bonds is 3. The number of nitrogens with zero attached hydrogens (tertiary/aromatic N) is 3. The molecule has 1 aromatic heterocycles. The number of nitrogen functional groups attached to an aromatic ring is 1.